The summed E-state index contributed by atoms with van der Waals surface area (Å²) >= 11 is 0. The lowest BCUT2D eigenvalue weighted by Crippen LogP contribution is -2.10. The number of rotatable bonds is 6. The SMILES string of the molecule is CC(=O)OCCOc1cc(F)ccc1[N+](=O)[O-].O=[N+]([O-])c1ccc(F)cc1O. The van der Waals surface area contributed by atoms with Crippen LogP contribution in [-0.2, 0) is 9.53 Å². The number of nitro groups is 2. The van der Waals surface area contributed by atoms with Crippen molar-refractivity contribution in [1.29, 1.82) is 0 Å². The number of benzene rings is 2. The van der Waals surface area contributed by atoms with Gasteiger partial charge in [-0.2, -0.15) is 0 Å². The van der Waals surface area contributed by atoms with Crippen LogP contribution in [-0.4, -0.2) is 34.1 Å². The highest BCUT2D eigenvalue weighted by Gasteiger charge is 2.15. The quantitative estimate of drug-likeness (QED) is 0.337. The lowest BCUT2D eigenvalue weighted by atomic mass is 10.3. The summed E-state index contributed by atoms with van der Waals surface area (Å²) in [7, 11) is 0. The van der Waals surface area contributed by atoms with Gasteiger partial charge in [-0.15, -0.1) is 0 Å². The summed E-state index contributed by atoms with van der Waals surface area (Å²) in [4.78, 5) is 29.6. The molecule has 0 fully saturated rings. The van der Waals surface area contributed by atoms with E-state index in [0.717, 1.165) is 30.3 Å². The summed E-state index contributed by atoms with van der Waals surface area (Å²) in [6.45, 7) is 1.09. The minimum atomic E-state index is -0.783. The van der Waals surface area contributed by atoms with Crippen molar-refractivity contribution in [3.8, 4) is 11.5 Å². The first-order chi connectivity index (χ1) is 13.1. The van der Waals surface area contributed by atoms with Crippen molar-refractivity contribution in [2.45, 2.75) is 6.92 Å². The maximum absolute atomic E-state index is 12.9. The van der Waals surface area contributed by atoms with Crippen LogP contribution in [0.5, 0.6) is 11.5 Å². The van der Waals surface area contributed by atoms with Crippen LogP contribution in [0.3, 0.4) is 0 Å². The molecular formula is C16H14F2N2O8. The van der Waals surface area contributed by atoms with E-state index in [0.29, 0.717) is 6.07 Å². The first-order valence-electron chi connectivity index (χ1n) is 7.44. The monoisotopic (exact) mass is 400 g/mol. The highest BCUT2D eigenvalue weighted by atomic mass is 19.1. The lowest BCUT2D eigenvalue weighted by molar-refractivity contribution is -0.386. The minimum absolute atomic E-state index is 0.0526. The second-order valence-electron chi connectivity index (χ2n) is 4.95. The van der Waals surface area contributed by atoms with Crippen LogP contribution in [0.1, 0.15) is 6.92 Å². The number of hydrogen-bond donors (Lipinski definition) is 1. The van der Waals surface area contributed by atoms with Gasteiger partial charge in [0, 0.05) is 31.2 Å². The van der Waals surface area contributed by atoms with E-state index in [1.54, 1.807) is 0 Å². The number of carbonyl (C=O) groups is 1. The van der Waals surface area contributed by atoms with Crippen molar-refractivity contribution in [2.24, 2.45) is 0 Å². The molecule has 0 spiro atoms. The van der Waals surface area contributed by atoms with E-state index in [9.17, 15) is 33.8 Å². The van der Waals surface area contributed by atoms with E-state index in [1.807, 2.05) is 0 Å². The second kappa shape index (κ2) is 10.4. The van der Waals surface area contributed by atoms with E-state index in [1.165, 1.54) is 6.92 Å². The average molecular weight is 400 g/mol. The third kappa shape index (κ3) is 7.19. The molecule has 0 aliphatic carbocycles. The molecule has 0 bridgehead atoms. The fourth-order valence-electron chi connectivity index (χ4n) is 1.74. The highest BCUT2D eigenvalue weighted by molar-refractivity contribution is 5.65. The van der Waals surface area contributed by atoms with Crippen LogP contribution in [0.15, 0.2) is 36.4 Å². The first kappa shape index (κ1) is 22.2. The van der Waals surface area contributed by atoms with Gasteiger partial charge in [-0.05, 0) is 12.1 Å². The fraction of sp³-hybridized carbons (Fsp3) is 0.188. The highest BCUT2D eigenvalue weighted by Crippen LogP contribution is 2.27. The van der Waals surface area contributed by atoms with Crippen molar-refractivity contribution in [1.82, 2.24) is 0 Å². The standard InChI is InChI=1S/C10H10FNO5.C6H4FNO3/c1-7(13)16-4-5-17-10-6-8(11)2-3-9(10)12(14)15;7-4-1-2-5(8(10)11)6(9)3-4/h2-3,6H,4-5H2,1H3;1-3,9H. The zero-order valence-electron chi connectivity index (χ0n) is 14.3. The Morgan fingerprint density at radius 3 is 2.04 bits per heavy atom. The Labute approximate surface area is 156 Å². The molecule has 10 nitrogen and oxygen atoms in total. The van der Waals surface area contributed by atoms with Crippen LogP contribution >= 0.6 is 0 Å². The number of carbonyl (C=O) groups excluding carboxylic acids is 1. The summed E-state index contributed by atoms with van der Waals surface area (Å²) in [6, 6.07) is 5.40. The molecule has 0 aromatic heterocycles. The molecule has 1 N–H and O–H groups in total. The predicted octanol–water partition coefficient (Wildman–Crippen LogP) is 3.12. The van der Waals surface area contributed by atoms with Crippen molar-refractivity contribution in [3.63, 3.8) is 0 Å². The van der Waals surface area contributed by atoms with Crippen molar-refractivity contribution in [2.75, 3.05) is 13.2 Å². The largest absolute Gasteiger partial charge is 0.502 e. The molecule has 28 heavy (non-hydrogen) atoms. The van der Waals surface area contributed by atoms with Gasteiger partial charge in [0.05, 0.1) is 9.85 Å². The Morgan fingerprint density at radius 1 is 1.00 bits per heavy atom. The van der Waals surface area contributed by atoms with E-state index in [-0.39, 0.29) is 24.7 Å². The molecule has 2 rings (SSSR count). The maximum Gasteiger partial charge on any atom is 0.311 e. The van der Waals surface area contributed by atoms with Crippen molar-refractivity contribution < 1.29 is 38.0 Å². The molecule has 0 atom stereocenters. The lowest BCUT2D eigenvalue weighted by Gasteiger charge is -2.06. The molecule has 0 saturated heterocycles. The second-order valence-corrected chi connectivity index (χ2v) is 4.95. The number of halogens is 2. The molecule has 0 amide bonds. The number of esters is 1. The topological polar surface area (TPSA) is 142 Å². The molecule has 0 radical (unpaired) electrons. The summed E-state index contributed by atoms with van der Waals surface area (Å²) in [5.41, 5.74) is -0.833. The van der Waals surface area contributed by atoms with Gasteiger partial charge in [-0.3, -0.25) is 25.0 Å². The van der Waals surface area contributed by atoms with E-state index in [4.69, 9.17) is 9.84 Å². The van der Waals surface area contributed by atoms with Gasteiger partial charge in [-0.25, -0.2) is 8.78 Å². The Balaban J connectivity index is 0.000000307. The number of phenols is 1. The number of hydrogen-bond acceptors (Lipinski definition) is 8. The predicted molar refractivity (Wildman–Crippen MR) is 89.9 cm³/mol. The number of ether oxygens (including phenoxy) is 2. The smallest absolute Gasteiger partial charge is 0.311 e. The van der Waals surface area contributed by atoms with E-state index >= 15 is 0 Å². The number of nitro benzene ring substituents is 2. The molecule has 2 aromatic rings. The van der Waals surface area contributed by atoms with Gasteiger partial charge in [0.25, 0.3) is 0 Å². The molecule has 0 unspecified atom stereocenters. The minimum Gasteiger partial charge on any atom is -0.502 e. The number of aromatic hydroxyl groups is 1. The zero-order valence-corrected chi connectivity index (χ0v) is 14.3. The summed E-state index contributed by atoms with van der Waals surface area (Å²) in [5, 5.41) is 29.4. The summed E-state index contributed by atoms with van der Waals surface area (Å²) in [5.74, 6) is -2.68. The molecular weight excluding hydrogens is 386 g/mol. The van der Waals surface area contributed by atoms with Gasteiger partial charge >= 0.3 is 17.3 Å². The van der Waals surface area contributed by atoms with Crippen LogP contribution < -0.4 is 4.74 Å². The van der Waals surface area contributed by atoms with Crippen molar-refractivity contribution in [3.05, 3.63) is 68.3 Å². The van der Waals surface area contributed by atoms with E-state index in [2.05, 4.69) is 4.74 Å². The van der Waals surface area contributed by atoms with Gasteiger partial charge in [0.15, 0.2) is 11.5 Å². The van der Waals surface area contributed by atoms with Gasteiger partial charge in [-0.1, -0.05) is 0 Å². The van der Waals surface area contributed by atoms with Crippen LogP contribution in [0.4, 0.5) is 20.2 Å². The number of nitrogens with zero attached hydrogens (tertiary/aromatic N) is 2. The fourth-order valence-corrected chi connectivity index (χ4v) is 1.74. The van der Waals surface area contributed by atoms with Crippen LogP contribution in [0.2, 0.25) is 0 Å². The Hall–Kier alpha value is -3.83. The normalized spacial score (nSPS) is 9.68. The Kier molecular flexibility index (Phi) is 8.21. The number of phenolic OH excluding ortho intramolecular Hbond substituents is 1. The van der Waals surface area contributed by atoms with Crippen LogP contribution in [0, 0.1) is 31.9 Å². The molecule has 0 heterocycles. The van der Waals surface area contributed by atoms with E-state index < -0.39 is 38.9 Å². The van der Waals surface area contributed by atoms with Gasteiger partial charge < -0.3 is 14.6 Å². The molecule has 0 aliphatic rings. The molecule has 0 aliphatic heterocycles. The molecule has 12 heteroatoms. The molecule has 150 valence electrons. The van der Waals surface area contributed by atoms with Gasteiger partial charge in [0.1, 0.15) is 24.8 Å². The summed E-state index contributed by atoms with van der Waals surface area (Å²) in [6.07, 6.45) is 0. The third-order valence-corrected chi connectivity index (χ3v) is 2.90. The van der Waals surface area contributed by atoms with Crippen LogP contribution in [0.25, 0.3) is 0 Å². The maximum atomic E-state index is 12.9. The molecule has 0 saturated carbocycles. The Bertz CT molecular complexity index is 876. The third-order valence-electron chi connectivity index (χ3n) is 2.90. The first-order valence-corrected chi connectivity index (χ1v) is 7.44. The van der Waals surface area contributed by atoms with Gasteiger partial charge in [0.2, 0.25) is 0 Å². The Morgan fingerprint density at radius 2 is 1.54 bits per heavy atom. The zero-order chi connectivity index (χ0) is 21.3. The summed E-state index contributed by atoms with van der Waals surface area (Å²) < 4.78 is 34.6. The average Bonchev–Trinajstić information content (AvgIpc) is 2.58. The van der Waals surface area contributed by atoms with Crippen molar-refractivity contribution >= 4 is 17.3 Å². The molecule has 2 aromatic carbocycles.